The molecule has 0 unspecified atom stereocenters. The summed E-state index contributed by atoms with van der Waals surface area (Å²) >= 11 is -0.178. The second-order valence-electron chi connectivity index (χ2n) is 5.89. The van der Waals surface area contributed by atoms with Gasteiger partial charge in [-0.05, 0) is 0 Å². The van der Waals surface area contributed by atoms with E-state index < -0.39 is 18.4 Å². The van der Waals surface area contributed by atoms with Crippen molar-refractivity contribution in [3.8, 4) is 0 Å². The average molecular weight is 388 g/mol. The van der Waals surface area contributed by atoms with E-state index in [1.54, 1.807) is 3.02 Å². The van der Waals surface area contributed by atoms with Gasteiger partial charge in [-0.15, -0.1) is 0 Å². The zero-order valence-corrected chi connectivity index (χ0v) is 17.0. The van der Waals surface area contributed by atoms with Crippen LogP contribution in [0.5, 0.6) is 0 Å². The van der Waals surface area contributed by atoms with Crippen LogP contribution in [-0.4, -0.2) is 23.4 Å². The van der Waals surface area contributed by atoms with E-state index in [0.717, 1.165) is 0 Å². The molecule has 0 aliphatic heterocycles. The van der Waals surface area contributed by atoms with Gasteiger partial charge in [-0.25, -0.2) is 0 Å². The number of unbranched alkanes of at least 4 members (excludes halogenated alkanes) is 3. The minimum atomic E-state index is -2.17. The van der Waals surface area contributed by atoms with Crippen molar-refractivity contribution in [2.75, 3.05) is 0 Å². The van der Waals surface area contributed by atoms with E-state index in [9.17, 15) is 0 Å². The molecule has 0 aliphatic rings. The quantitative estimate of drug-likeness (QED) is 0.482. The van der Waals surface area contributed by atoms with Gasteiger partial charge in [-0.1, -0.05) is 0 Å². The molecule has 0 fully saturated rings. The Bertz CT molecular complexity index is 326. The Morgan fingerprint density at radius 1 is 0.947 bits per heavy atom. The van der Waals surface area contributed by atoms with Crippen LogP contribution in [0.25, 0.3) is 0 Å². The Balaban J connectivity index is 2.93. The first-order valence-electron chi connectivity index (χ1n) is 8.11. The summed E-state index contributed by atoms with van der Waals surface area (Å²) in [5.74, 6) is 0. The zero-order valence-electron chi connectivity index (χ0n) is 13.3. The van der Waals surface area contributed by atoms with Crippen LogP contribution in [0.1, 0.15) is 65.0 Å². The molecule has 19 heavy (non-hydrogen) atoms. The van der Waals surface area contributed by atoms with Crippen molar-refractivity contribution in [1.82, 2.24) is 4.98 Å². The molecule has 0 N–H and O–H groups in total. The normalized spacial score (nSPS) is 12.0. The standard InChI is InChI=1S/C4H4NS.3C4H9.Sn/c1-4-2-6-3-5-4;3*1-3-4-2;/h2H,1H3;3*1,3-4H2,2H3;. The summed E-state index contributed by atoms with van der Waals surface area (Å²) in [6, 6.07) is 0. The third-order valence-corrected chi connectivity index (χ3v) is 22.9. The molecule has 1 rings (SSSR count). The van der Waals surface area contributed by atoms with Crippen LogP contribution in [0.15, 0.2) is 5.38 Å². The molecule has 0 spiro atoms. The zero-order chi connectivity index (χ0) is 14.1. The summed E-state index contributed by atoms with van der Waals surface area (Å²) < 4.78 is 6.25. The molecule has 0 bridgehead atoms. The van der Waals surface area contributed by atoms with Gasteiger partial charge < -0.3 is 0 Å². The molecule has 0 aromatic carbocycles. The second kappa shape index (κ2) is 9.38. The van der Waals surface area contributed by atoms with Crippen molar-refractivity contribution in [3.63, 3.8) is 0 Å². The van der Waals surface area contributed by atoms with Crippen LogP contribution in [0, 0.1) is 6.92 Å². The number of aryl methyl sites for hydroxylation is 1. The van der Waals surface area contributed by atoms with Gasteiger partial charge in [-0.3, -0.25) is 0 Å². The Morgan fingerprint density at radius 3 is 1.74 bits per heavy atom. The van der Waals surface area contributed by atoms with Crippen LogP contribution >= 0.6 is 11.3 Å². The second-order valence-corrected chi connectivity index (χ2v) is 20.7. The fraction of sp³-hybridized carbons (Fsp3) is 0.812. The van der Waals surface area contributed by atoms with Gasteiger partial charge >= 0.3 is 128 Å². The monoisotopic (exact) mass is 389 g/mol. The molecule has 0 aliphatic carbocycles. The maximum atomic E-state index is 4.95. The molecule has 0 atom stereocenters. The average Bonchev–Trinajstić information content (AvgIpc) is 2.85. The van der Waals surface area contributed by atoms with E-state index in [0.29, 0.717) is 0 Å². The van der Waals surface area contributed by atoms with Crippen LogP contribution in [0.3, 0.4) is 0 Å². The van der Waals surface area contributed by atoms with E-state index in [1.165, 1.54) is 57.5 Å². The summed E-state index contributed by atoms with van der Waals surface area (Å²) in [7, 11) is 0. The molecule has 1 heterocycles. The fourth-order valence-corrected chi connectivity index (χ4v) is 22.3. The topological polar surface area (TPSA) is 12.9 Å². The summed E-state index contributed by atoms with van der Waals surface area (Å²) in [6.45, 7) is 9.17. The molecule has 1 aromatic heterocycles. The summed E-state index contributed by atoms with van der Waals surface area (Å²) in [6.07, 6.45) is 8.34. The Hall–Kier alpha value is 0.429. The summed E-state index contributed by atoms with van der Waals surface area (Å²) in [5.41, 5.74) is 1.26. The molecule has 0 saturated carbocycles. The van der Waals surface area contributed by atoms with Crippen LogP contribution < -0.4 is 3.02 Å². The first-order chi connectivity index (χ1) is 9.18. The van der Waals surface area contributed by atoms with Crippen LogP contribution in [0.4, 0.5) is 0 Å². The molecule has 110 valence electrons. The number of nitrogens with zero attached hydrogens (tertiary/aromatic N) is 1. The van der Waals surface area contributed by atoms with E-state index in [2.05, 4.69) is 33.1 Å². The fourth-order valence-electron chi connectivity index (χ4n) is 2.84. The Morgan fingerprint density at radius 2 is 1.42 bits per heavy atom. The number of rotatable bonds is 10. The van der Waals surface area contributed by atoms with E-state index in [4.69, 9.17) is 4.98 Å². The number of aromatic nitrogens is 1. The molecular formula is C16H31NSSn. The van der Waals surface area contributed by atoms with Crippen LogP contribution in [0.2, 0.25) is 13.3 Å². The van der Waals surface area contributed by atoms with Crippen molar-refractivity contribution in [3.05, 3.63) is 11.1 Å². The minimum absolute atomic E-state index is 1.26. The first kappa shape index (κ1) is 17.5. The van der Waals surface area contributed by atoms with Gasteiger partial charge in [0.2, 0.25) is 0 Å². The molecule has 3 heteroatoms. The van der Waals surface area contributed by atoms with E-state index in [-0.39, 0.29) is 0 Å². The van der Waals surface area contributed by atoms with E-state index in [1.807, 2.05) is 11.3 Å². The van der Waals surface area contributed by atoms with Crippen molar-refractivity contribution < 1.29 is 0 Å². The molecule has 0 amide bonds. The molecule has 1 aromatic rings. The van der Waals surface area contributed by atoms with Crippen molar-refractivity contribution in [2.45, 2.75) is 79.5 Å². The van der Waals surface area contributed by atoms with Gasteiger partial charge in [-0.2, -0.15) is 0 Å². The number of hydrogen-bond donors (Lipinski definition) is 0. The number of thiazole rings is 1. The summed E-state index contributed by atoms with van der Waals surface area (Å²) in [5, 5.41) is 2.28. The third-order valence-electron chi connectivity index (χ3n) is 4.10. The molecular weight excluding hydrogens is 357 g/mol. The SMILES string of the molecule is CCC[CH2][Sn]([CH2]CCC)([CH2]CCC)[c]1nc(C)cs1. The molecule has 1 nitrogen and oxygen atoms in total. The predicted octanol–water partition coefficient (Wildman–Crippen LogP) is 5.51. The van der Waals surface area contributed by atoms with Gasteiger partial charge in [0.05, 0.1) is 0 Å². The van der Waals surface area contributed by atoms with Gasteiger partial charge in [0.25, 0.3) is 0 Å². The van der Waals surface area contributed by atoms with Crippen molar-refractivity contribution >= 4 is 32.7 Å². The van der Waals surface area contributed by atoms with Gasteiger partial charge in [0.1, 0.15) is 0 Å². The molecule has 0 saturated heterocycles. The maximum absolute atomic E-state index is 4.95. The van der Waals surface area contributed by atoms with Crippen molar-refractivity contribution in [1.29, 1.82) is 0 Å². The Kier molecular flexibility index (Phi) is 8.63. The molecule has 0 radical (unpaired) electrons. The van der Waals surface area contributed by atoms with Gasteiger partial charge in [0, 0.05) is 0 Å². The van der Waals surface area contributed by atoms with Crippen LogP contribution in [-0.2, 0) is 0 Å². The van der Waals surface area contributed by atoms with Crippen molar-refractivity contribution in [2.24, 2.45) is 0 Å². The Labute approximate surface area is 128 Å². The number of hydrogen-bond acceptors (Lipinski definition) is 2. The predicted molar refractivity (Wildman–Crippen MR) is 91.4 cm³/mol. The van der Waals surface area contributed by atoms with Gasteiger partial charge in [0.15, 0.2) is 0 Å². The first-order valence-corrected chi connectivity index (χ1v) is 16.5. The third kappa shape index (κ3) is 5.37. The van der Waals surface area contributed by atoms with E-state index >= 15 is 0 Å². The summed E-state index contributed by atoms with van der Waals surface area (Å²) in [4.78, 5) is 4.95.